The average molecular weight is 330 g/mol. The molecule has 0 saturated heterocycles. The molecule has 2 atom stereocenters. The van der Waals surface area contributed by atoms with Crippen molar-refractivity contribution in [1.82, 2.24) is 9.78 Å². The highest BCUT2D eigenvalue weighted by atomic mass is 79.9. The fourth-order valence-electron chi connectivity index (χ4n) is 2.62. The minimum atomic E-state index is 0.230. The zero-order valence-corrected chi connectivity index (χ0v) is 14.3. The van der Waals surface area contributed by atoms with Crippen molar-refractivity contribution in [2.75, 3.05) is 0 Å². The van der Waals surface area contributed by atoms with E-state index in [9.17, 15) is 0 Å². The molecule has 2 unspecified atom stereocenters. The Labute approximate surface area is 126 Å². The van der Waals surface area contributed by atoms with Gasteiger partial charge in [0.2, 0.25) is 0 Å². The molecule has 0 aromatic carbocycles. The third kappa shape index (κ3) is 4.32. The molecular formula is C15H28BrN3. The topological polar surface area (TPSA) is 43.8 Å². The zero-order valence-electron chi connectivity index (χ0n) is 12.7. The third-order valence-electron chi connectivity index (χ3n) is 3.99. The average Bonchev–Trinajstić information content (AvgIpc) is 2.67. The molecule has 4 heteroatoms. The number of hydrogen-bond acceptors (Lipinski definition) is 2. The van der Waals surface area contributed by atoms with E-state index in [1.165, 1.54) is 25.0 Å². The van der Waals surface area contributed by atoms with Crippen LogP contribution in [0.4, 0.5) is 0 Å². The van der Waals surface area contributed by atoms with E-state index in [0.717, 1.165) is 29.4 Å². The van der Waals surface area contributed by atoms with E-state index in [2.05, 4.69) is 41.8 Å². The van der Waals surface area contributed by atoms with Crippen LogP contribution in [0.1, 0.15) is 57.8 Å². The summed E-state index contributed by atoms with van der Waals surface area (Å²) in [6.45, 7) is 6.62. The number of unbranched alkanes of at least 4 members (excludes halogenated alkanes) is 1. The second-order valence-electron chi connectivity index (χ2n) is 5.36. The molecule has 19 heavy (non-hydrogen) atoms. The van der Waals surface area contributed by atoms with E-state index in [1.807, 2.05) is 11.7 Å². The van der Waals surface area contributed by atoms with Gasteiger partial charge in [-0.3, -0.25) is 4.68 Å². The highest BCUT2D eigenvalue weighted by Crippen LogP contribution is 2.25. The molecule has 0 aliphatic rings. The van der Waals surface area contributed by atoms with Crippen LogP contribution in [0.5, 0.6) is 0 Å². The summed E-state index contributed by atoms with van der Waals surface area (Å²) in [5.74, 6) is 0.617. The standard InChI is InChI=1S/C15H28BrN3/c1-5-8-9-11(6-2)12(17)10-14-15(16)13(7-3)18-19(14)4/h11-12H,5-10,17H2,1-4H3. The largest absolute Gasteiger partial charge is 0.327 e. The molecule has 0 aliphatic heterocycles. The predicted molar refractivity (Wildman–Crippen MR) is 85.3 cm³/mol. The van der Waals surface area contributed by atoms with Crippen LogP contribution in [0.15, 0.2) is 4.47 Å². The summed E-state index contributed by atoms with van der Waals surface area (Å²) in [5, 5.41) is 4.54. The lowest BCUT2D eigenvalue weighted by atomic mass is 9.89. The van der Waals surface area contributed by atoms with E-state index in [0.29, 0.717) is 5.92 Å². The van der Waals surface area contributed by atoms with Gasteiger partial charge in [0.1, 0.15) is 0 Å². The van der Waals surface area contributed by atoms with Crippen molar-refractivity contribution in [2.24, 2.45) is 18.7 Å². The van der Waals surface area contributed by atoms with Gasteiger partial charge in [0.25, 0.3) is 0 Å². The monoisotopic (exact) mass is 329 g/mol. The molecule has 0 saturated carbocycles. The molecule has 2 N–H and O–H groups in total. The van der Waals surface area contributed by atoms with E-state index in [4.69, 9.17) is 5.73 Å². The first kappa shape index (κ1) is 16.7. The summed E-state index contributed by atoms with van der Waals surface area (Å²) < 4.78 is 3.13. The van der Waals surface area contributed by atoms with Gasteiger partial charge in [0.15, 0.2) is 0 Å². The summed E-state index contributed by atoms with van der Waals surface area (Å²) in [4.78, 5) is 0. The first-order valence-corrected chi connectivity index (χ1v) is 8.30. The second kappa shape index (κ2) is 8.05. The minimum absolute atomic E-state index is 0.230. The van der Waals surface area contributed by atoms with Crippen molar-refractivity contribution < 1.29 is 0 Å². The number of aryl methyl sites for hydroxylation is 2. The predicted octanol–water partition coefficient (Wildman–Crippen LogP) is 3.83. The Morgan fingerprint density at radius 3 is 2.47 bits per heavy atom. The van der Waals surface area contributed by atoms with Crippen molar-refractivity contribution >= 4 is 15.9 Å². The van der Waals surface area contributed by atoms with Crippen molar-refractivity contribution in [3.8, 4) is 0 Å². The van der Waals surface area contributed by atoms with Crippen LogP contribution in [0.2, 0.25) is 0 Å². The Morgan fingerprint density at radius 2 is 2.00 bits per heavy atom. The summed E-state index contributed by atoms with van der Waals surface area (Å²) in [6.07, 6.45) is 6.79. The summed E-state index contributed by atoms with van der Waals surface area (Å²) >= 11 is 3.68. The van der Waals surface area contributed by atoms with Crippen LogP contribution in [0.25, 0.3) is 0 Å². The SMILES string of the molecule is CCCCC(CC)C(N)Cc1c(Br)c(CC)nn1C. The Kier molecular flexibility index (Phi) is 7.08. The maximum absolute atomic E-state index is 6.43. The highest BCUT2D eigenvalue weighted by Gasteiger charge is 2.20. The Hall–Kier alpha value is -0.350. The van der Waals surface area contributed by atoms with Crippen LogP contribution in [0, 0.1) is 5.92 Å². The van der Waals surface area contributed by atoms with Gasteiger partial charge in [0.05, 0.1) is 15.9 Å². The molecule has 1 aromatic rings. The van der Waals surface area contributed by atoms with E-state index in [1.54, 1.807) is 0 Å². The molecule has 110 valence electrons. The van der Waals surface area contributed by atoms with Gasteiger partial charge < -0.3 is 5.73 Å². The fourth-order valence-corrected chi connectivity index (χ4v) is 3.40. The number of rotatable bonds is 8. The zero-order chi connectivity index (χ0) is 14.4. The van der Waals surface area contributed by atoms with Crippen LogP contribution in [-0.2, 0) is 19.9 Å². The fraction of sp³-hybridized carbons (Fsp3) is 0.800. The van der Waals surface area contributed by atoms with Gasteiger partial charge in [-0.15, -0.1) is 0 Å². The first-order chi connectivity index (χ1) is 9.04. The van der Waals surface area contributed by atoms with Gasteiger partial charge >= 0.3 is 0 Å². The molecule has 0 aliphatic carbocycles. The van der Waals surface area contributed by atoms with Gasteiger partial charge in [-0.1, -0.05) is 40.0 Å². The molecule has 0 radical (unpaired) electrons. The van der Waals surface area contributed by atoms with Gasteiger partial charge in [-0.05, 0) is 34.7 Å². The number of nitrogens with zero attached hydrogens (tertiary/aromatic N) is 2. The van der Waals surface area contributed by atoms with E-state index >= 15 is 0 Å². The molecule has 3 nitrogen and oxygen atoms in total. The Balaban J connectivity index is 2.74. The Morgan fingerprint density at radius 1 is 1.32 bits per heavy atom. The van der Waals surface area contributed by atoms with Crippen LogP contribution >= 0.6 is 15.9 Å². The normalized spacial score (nSPS) is 14.6. The van der Waals surface area contributed by atoms with Crippen LogP contribution in [-0.4, -0.2) is 15.8 Å². The third-order valence-corrected chi connectivity index (χ3v) is 4.91. The van der Waals surface area contributed by atoms with E-state index < -0.39 is 0 Å². The van der Waals surface area contributed by atoms with Gasteiger partial charge in [-0.25, -0.2) is 0 Å². The number of hydrogen-bond donors (Lipinski definition) is 1. The summed E-state index contributed by atoms with van der Waals surface area (Å²) in [6, 6.07) is 0.230. The van der Waals surface area contributed by atoms with Crippen LogP contribution < -0.4 is 5.73 Å². The lowest BCUT2D eigenvalue weighted by Crippen LogP contribution is -2.32. The molecule has 0 bridgehead atoms. The summed E-state index contributed by atoms with van der Waals surface area (Å²) in [5.41, 5.74) is 8.79. The maximum atomic E-state index is 6.43. The molecule has 1 aromatic heterocycles. The van der Waals surface area contributed by atoms with Gasteiger partial charge in [-0.2, -0.15) is 5.10 Å². The van der Waals surface area contributed by atoms with E-state index in [-0.39, 0.29) is 6.04 Å². The molecule has 0 amide bonds. The molecule has 0 spiro atoms. The maximum Gasteiger partial charge on any atom is 0.0766 e. The molecule has 0 fully saturated rings. The van der Waals surface area contributed by atoms with Crippen molar-refractivity contribution in [2.45, 2.75) is 65.3 Å². The van der Waals surface area contributed by atoms with Crippen molar-refractivity contribution in [3.63, 3.8) is 0 Å². The van der Waals surface area contributed by atoms with Crippen molar-refractivity contribution in [1.29, 1.82) is 0 Å². The smallest absolute Gasteiger partial charge is 0.0766 e. The lowest BCUT2D eigenvalue weighted by molar-refractivity contribution is 0.364. The highest BCUT2D eigenvalue weighted by molar-refractivity contribution is 9.10. The number of nitrogens with two attached hydrogens (primary N) is 1. The molecule has 1 rings (SSSR count). The minimum Gasteiger partial charge on any atom is -0.327 e. The van der Waals surface area contributed by atoms with Crippen LogP contribution in [0.3, 0.4) is 0 Å². The number of aromatic nitrogens is 2. The molecular weight excluding hydrogens is 302 g/mol. The van der Waals surface area contributed by atoms with Gasteiger partial charge in [0, 0.05) is 19.5 Å². The van der Waals surface area contributed by atoms with Crippen molar-refractivity contribution in [3.05, 3.63) is 15.9 Å². The second-order valence-corrected chi connectivity index (χ2v) is 6.16. The quantitative estimate of drug-likeness (QED) is 0.787. The Bertz CT molecular complexity index is 387. The molecule has 1 heterocycles. The summed E-state index contributed by atoms with van der Waals surface area (Å²) in [7, 11) is 2.01. The number of halogens is 1. The lowest BCUT2D eigenvalue weighted by Gasteiger charge is -2.22. The first-order valence-electron chi connectivity index (χ1n) is 7.50.